The molecule has 146 valence electrons. The first kappa shape index (κ1) is 19.2. The molecule has 0 aliphatic heterocycles. The maximum Gasteiger partial charge on any atom is 0.330 e. The average molecular weight is 383 g/mol. The summed E-state index contributed by atoms with van der Waals surface area (Å²) in [5.74, 6) is -0.563. The van der Waals surface area contributed by atoms with Crippen LogP contribution in [0.1, 0.15) is 22.5 Å². The van der Waals surface area contributed by atoms with E-state index in [2.05, 4.69) is 15.6 Å². The zero-order chi connectivity index (χ0) is 20.3. The van der Waals surface area contributed by atoms with Crippen LogP contribution in [-0.4, -0.2) is 32.5 Å². The third-order valence-electron chi connectivity index (χ3n) is 4.56. The molecule has 1 aromatic carbocycles. The van der Waals surface area contributed by atoms with E-state index < -0.39 is 11.2 Å². The SMILES string of the molecule is Cn1c(CNC(=O)CCNC(=O)c2c[nH]c3ccccc23)cc(=O)n(C)c1=O. The van der Waals surface area contributed by atoms with Crippen molar-refractivity contribution in [2.45, 2.75) is 13.0 Å². The molecule has 0 bridgehead atoms. The maximum absolute atomic E-state index is 12.3. The molecule has 2 heterocycles. The van der Waals surface area contributed by atoms with Crippen LogP contribution in [0, 0.1) is 0 Å². The van der Waals surface area contributed by atoms with Crippen LogP contribution in [0.25, 0.3) is 10.9 Å². The molecule has 0 saturated heterocycles. The Labute approximate surface area is 160 Å². The van der Waals surface area contributed by atoms with Crippen LogP contribution in [0.5, 0.6) is 0 Å². The van der Waals surface area contributed by atoms with Crippen molar-refractivity contribution in [3.63, 3.8) is 0 Å². The Hall–Kier alpha value is -3.62. The van der Waals surface area contributed by atoms with Gasteiger partial charge in [0.25, 0.3) is 11.5 Å². The molecule has 28 heavy (non-hydrogen) atoms. The van der Waals surface area contributed by atoms with Crippen molar-refractivity contribution in [1.29, 1.82) is 0 Å². The summed E-state index contributed by atoms with van der Waals surface area (Å²) in [4.78, 5) is 50.9. The van der Waals surface area contributed by atoms with Gasteiger partial charge in [0.2, 0.25) is 5.91 Å². The summed E-state index contributed by atoms with van der Waals surface area (Å²) in [6, 6.07) is 8.76. The van der Waals surface area contributed by atoms with Gasteiger partial charge in [0, 0.05) is 55.9 Å². The van der Waals surface area contributed by atoms with Crippen LogP contribution >= 0.6 is 0 Å². The summed E-state index contributed by atoms with van der Waals surface area (Å²) < 4.78 is 2.30. The number of nitrogens with zero attached hydrogens (tertiary/aromatic N) is 2. The largest absolute Gasteiger partial charge is 0.360 e. The molecular formula is C19H21N5O4. The fourth-order valence-electron chi connectivity index (χ4n) is 2.87. The number of aromatic nitrogens is 3. The van der Waals surface area contributed by atoms with E-state index in [4.69, 9.17) is 0 Å². The van der Waals surface area contributed by atoms with Gasteiger partial charge in [0.1, 0.15) is 0 Å². The van der Waals surface area contributed by atoms with E-state index in [1.807, 2.05) is 24.3 Å². The predicted octanol–water partition coefficient (Wildman–Crippen LogP) is 0.00160. The molecule has 3 N–H and O–H groups in total. The molecule has 0 aliphatic carbocycles. The Morgan fingerprint density at radius 2 is 1.82 bits per heavy atom. The molecule has 2 aromatic heterocycles. The van der Waals surface area contributed by atoms with Gasteiger partial charge >= 0.3 is 5.69 Å². The number of amides is 2. The van der Waals surface area contributed by atoms with E-state index in [0.29, 0.717) is 11.3 Å². The quantitative estimate of drug-likeness (QED) is 0.555. The number of fused-ring (bicyclic) bond motifs is 1. The fourth-order valence-corrected chi connectivity index (χ4v) is 2.87. The van der Waals surface area contributed by atoms with Crippen LogP contribution in [0.4, 0.5) is 0 Å². The van der Waals surface area contributed by atoms with Crippen LogP contribution < -0.4 is 21.9 Å². The minimum Gasteiger partial charge on any atom is -0.360 e. The van der Waals surface area contributed by atoms with E-state index in [1.54, 1.807) is 6.20 Å². The average Bonchev–Trinajstić information content (AvgIpc) is 3.12. The summed E-state index contributed by atoms with van der Waals surface area (Å²) in [7, 11) is 2.92. The van der Waals surface area contributed by atoms with Crippen molar-refractivity contribution >= 4 is 22.7 Å². The summed E-state index contributed by atoms with van der Waals surface area (Å²) >= 11 is 0. The number of carbonyl (C=O) groups excluding carboxylic acids is 2. The van der Waals surface area contributed by atoms with Gasteiger partial charge in [-0.05, 0) is 6.07 Å². The number of nitrogens with one attached hydrogen (secondary N) is 3. The van der Waals surface area contributed by atoms with Crippen molar-refractivity contribution in [1.82, 2.24) is 24.8 Å². The van der Waals surface area contributed by atoms with Crippen LogP contribution in [0.15, 0.2) is 46.1 Å². The fraction of sp³-hybridized carbons (Fsp3) is 0.263. The minimum absolute atomic E-state index is 0.0526. The first-order chi connectivity index (χ1) is 13.4. The van der Waals surface area contributed by atoms with Crippen molar-refractivity contribution in [3.8, 4) is 0 Å². The number of aromatic amines is 1. The highest BCUT2D eigenvalue weighted by Crippen LogP contribution is 2.17. The second-order valence-electron chi connectivity index (χ2n) is 6.41. The molecule has 9 nitrogen and oxygen atoms in total. The van der Waals surface area contributed by atoms with E-state index in [1.165, 1.54) is 24.7 Å². The Balaban J connectivity index is 1.52. The highest BCUT2D eigenvalue weighted by molar-refractivity contribution is 6.06. The standard InChI is InChI=1S/C19H21N5O4/c1-23-12(9-17(26)24(2)19(23)28)10-22-16(25)7-8-20-18(27)14-11-21-15-6-4-3-5-13(14)15/h3-6,9,11,21H,7-8,10H2,1-2H3,(H,20,27)(H,22,25). The summed E-state index contributed by atoms with van der Waals surface area (Å²) in [6.07, 6.45) is 1.71. The first-order valence-corrected chi connectivity index (χ1v) is 8.75. The van der Waals surface area contributed by atoms with Crippen LogP contribution in [0.2, 0.25) is 0 Å². The number of rotatable bonds is 6. The second kappa shape index (κ2) is 7.95. The highest BCUT2D eigenvalue weighted by Gasteiger charge is 2.12. The molecular weight excluding hydrogens is 362 g/mol. The lowest BCUT2D eigenvalue weighted by atomic mass is 10.1. The number of hydrogen-bond donors (Lipinski definition) is 3. The molecule has 0 fully saturated rings. The molecule has 3 aromatic rings. The molecule has 0 unspecified atom stereocenters. The van der Waals surface area contributed by atoms with Gasteiger partial charge in [0.15, 0.2) is 0 Å². The topological polar surface area (TPSA) is 118 Å². The zero-order valence-corrected chi connectivity index (χ0v) is 15.6. The molecule has 9 heteroatoms. The van der Waals surface area contributed by atoms with Crippen LogP contribution in [-0.2, 0) is 25.4 Å². The van der Waals surface area contributed by atoms with Crippen molar-refractivity contribution in [2.75, 3.05) is 6.54 Å². The lowest BCUT2D eigenvalue weighted by Gasteiger charge is -2.10. The molecule has 0 atom stereocenters. The van der Waals surface area contributed by atoms with E-state index in [9.17, 15) is 19.2 Å². The van der Waals surface area contributed by atoms with Gasteiger partial charge in [-0.2, -0.15) is 0 Å². The van der Waals surface area contributed by atoms with E-state index >= 15 is 0 Å². The smallest absolute Gasteiger partial charge is 0.330 e. The summed E-state index contributed by atoms with van der Waals surface area (Å²) in [6.45, 7) is 0.219. The summed E-state index contributed by atoms with van der Waals surface area (Å²) in [5.41, 5.74) is 0.904. The Kier molecular flexibility index (Phi) is 5.44. The first-order valence-electron chi connectivity index (χ1n) is 8.75. The molecule has 0 radical (unpaired) electrons. The molecule has 0 aliphatic rings. The minimum atomic E-state index is -0.456. The lowest BCUT2D eigenvalue weighted by molar-refractivity contribution is -0.121. The predicted molar refractivity (Wildman–Crippen MR) is 104 cm³/mol. The second-order valence-corrected chi connectivity index (χ2v) is 6.41. The van der Waals surface area contributed by atoms with Gasteiger partial charge in [-0.25, -0.2) is 4.79 Å². The normalized spacial score (nSPS) is 10.8. The van der Waals surface area contributed by atoms with E-state index in [0.717, 1.165) is 15.5 Å². The number of para-hydroxylation sites is 1. The van der Waals surface area contributed by atoms with Crippen LogP contribution in [0.3, 0.4) is 0 Å². The van der Waals surface area contributed by atoms with Gasteiger partial charge < -0.3 is 15.6 Å². The summed E-state index contributed by atoms with van der Waals surface area (Å²) in [5, 5.41) is 6.18. The molecule has 3 rings (SSSR count). The third kappa shape index (κ3) is 3.88. The lowest BCUT2D eigenvalue weighted by Crippen LogP contribution is -2.39. The zero-order valence-electron chi connectivity index (χ0n) is 15.6. The molecule has 0 saturated carbocycles. The Bertz CT molecular complexity index is 1160. The van der Waals surface area contributed by atoms with Crippen molar-refractivity contribution in [3.05, 3.63) is 68.6 Å². The molecule has 2 amide bonds. The monoisotopic (exact) mass is 383 g/mol. The Morgan fingerprint density at radius 3 is 2.61 bits per heavy atom. The van der Waals surface area contributed by atoms with Gasteiger partial charge in [-0.3, -0.25) is 23.5 Å². The highest BCUT2D eigenvalue weighted by atomic mass is 16.2. The molecule has 0 spiro atoms. The van der Waals surface area contributed by atoms with E-state index in [-0.39, 0.29) is 31.3 Å². The van der Waals surface area contributed by atoms with Gasteiger partial charge in [0.05, 0.1) is 12.1 Å². The van der Waals surface area contributed by atoms with Crippen molar-refractivity contribution in [2.24, 2.45) is 14.1 Å². The maximum atomic E-state index is 12.3. The van der Waals surface area contributed by atoms with Gasteiger partial charge in [-0.1, -0.05) is 18.2 Å². The van der Waals surface area contributed by atoms with Gasteiger partial charge in [-0.15, -0.1) is 0 Å². The number of benzene rings is 1. The number of H-pyrrole nitrogens is 1. The Morgan fingerprint density at radius 1 is 1.07 bits per heavy atom. The van der Waals surface area contributed by atoms with Crippen molar-refractivity contribution < 1.29 is 9.59 Å². The third-order valence-corrected chi connectivity index (χ3v) is 4.56. The number of carbonyl (C=O) groups is 2. The number of hydrogen-bond acceptors (Lipinski definition) is 4.